The number of benzene rings is 1. The van der Waals surface area contributed by atoms with Gasteiger partial charge >= 0.3 is 0 Å². The average molecular weight is 270 g/mol. The second kappa shape index (κ2) is 6.32. The summed E-state index contributed by atoms with van der Waals surface area (Å²) >= 11 is 1.53. The zero-order valence-electron chi connectivity index (χ0n) is 10.1. The molecule has 0 radical (unpaired) electrons. The molecule has 0 atom stereocenters. The third kappa shape index (κ3) is 3.55. The maximum Gasteiger partial charge on any atom is 0.175 e. The number of Topliss-reactive ketones (excluding diaryl/α,β-unsaturated/α-hetero) is 1. The van der Waals surface area contributed by atoms with Crippen LogP contribution in [0.3, 0.4) is 0 Å². The Kier molecular flexibility index (Phi) is 4.75. The third-order valence-corrected chi connectivity index (χ3v) is 4.46. The number of ketones is 1. The molecule has 1 fully saturated rings. The fourth-order valence-corrected chi connectivity index (χ4v) is 3.41. The van der Waals surface area contributed by atoms with Crippen molar-refractivity contribution in [3.8, 4) is 0 Å². The van der Waals surface area contributed by atoms with E-state index in [2.05, 4.69) is 0 Å². The first-order valence-electron chi connectivity index (χ1n) is 6.23. The fourth-order valence-electron chi connectivity index (χ4n) is 2.28. The molecule has 0 bridgehead atoms. The number of carbonyl (C=O) groups is 1. The molecule has 1 aliphatic rings. The van der Waals surface area contributed by atoms with Gasteiger partial charge in [-0.15, -0.1) is 0 Å². The first kappa shape index (κ1) is 13.5. The van der Waals surface area contributed by atoms with Crippen LogP contribution in [0.4, 0.5) is 8.78 Å². The zero-order valence-corrected chi connectivity index (χ0v) is 10.9. The Labute approximate surface area is 110 Å². The van der Waals surface area contributed by atoms with Crippen molar-refractivity contribution in [2.45, 2.75) is 25.7 Å². The van der Waals surface area contributed by atoms with E-state index in [0.29, 0.717) is 5.92 Å². The molecule has 0 aliphatic heterocycles. The van der Waals surface area contributed by atoms with E-state index in [0.717, 1.165) is 24.0 Å². The van der Waals surface area contributed by atoms with E-state index in [1.165, 1.54) is 37.4 Å². The first-order valence-corrected chi connectivity index (χ1v) is 7.38. The smallest absolute Gasteiger partial charge is 0.175 e. The van der Waals surface area contributed by atoms with Gasteiger partial charge in [0.1, 0.15) is 11.6 Å². The van der Waals surface area contributed by atoms with Crippen molar-refractivity contribution in [2.75, 3.05) is 11.5 Å². The topological polar surface area (TPSA) is 17.1 Å². The van der Waals surface area contributed by atoms with Gasteiger partial charge in [-0.05, 0) is 42.7 Å². The van der Waals surface area contributed by atoms with Crippen molar-refractivity contribution in [3.05, 3.63) is 35.4 Å². The van der Waals surface area contributed by atoms with Crippen LogP contribution in [-0.4, -0.2) is 17.3 Å². The lowest BCUT2D eigenvalue weighted by atomic mass is 10.1. The van der Waals surface area contributed by atoms with Gasteiger partial charge in [0.25, 0.3) is 0 Å². The molecule has 1 aromatic carbocycles. The number of hydrogen-bond acceptors (Lipinski definition) is 2. The predicted octanol–water partition coefficient (Wildman–Crippen LogP) is 4.07. The van der Waals surface area contributed by atoms with Crippen molar-refractivity contribution in [3.63, 3.8) is 0 Å². The molecule has 98 valence electrons. The second-order valence-electron chi connectivity index (χ2n) is 4.71. The first-order chi connectivity index (χ1) is 8.66. The van der Waals surface area contributed by atoms with Gasteiger partial charge in [-0.3, -0.25) is 4.79 Å². The molecule has 0 aromatic heterocycles. The van der Waals surface area contributed by atoms with Crippen LogP contribution in [0.5, 0.6) is 0 Å². The number of halogens is 2. The summed E-state index contributed by atoms with van der Waals surface area (Å²) in [4.78, 5) is 11.8. The molecular weight excluding hydrogens is 254 g/mol. The lowest BCUT2D eigenvalue weighted by Crippen LogP contribution is -2.08. The number of rotatable bonds is 5. The minimum atomic E-state index is -0.636. The Morgan fingerprint density at radius 3 is 2.72 bits per heavy atom. The number of hydrogen-bond donors (Lipinski definition) is 0. The van der Waals surface area contributed by atoms with E-state index < -0.39 is 11.6 Å². The molecule has 1 aromatic rings. The van der Waals surface area contributed by atoms with Crippen LogP contribution in [0.15, 0.2) is 18.2 Å². The molecule has 0 unspecified atom stereocenters. The Hall–Kier alpha value is -0.900. The SMILES string of the molecule is O=C(CSCC1CCCC1)c1cc(F)ccc1F. The molecule has 1 nitrogen and oxygen atoms in total. The summed E-state index contributed by atoms with van der Waals surface area (Å²) in [7, 11) is 0. The number of carbonyl (C=O) groups excluding carboxylic acids is 1. The van der Waals surface area contributed by atoms with Crippen molar-refractivity contribution >= 4 is 17.5 Å². The van der Waals surface area contributed by atoms with Crippen molar-refractivity contribution in [1.29, 1.82) is 0 Å². The Balaban J connectivity index is 1.85. The summed E-state index contributed by atoms with van der Waals surface area (Å²) in [5, 5.41) is 0. The van der Waals surface area contributed by atoms with Gasteiger partial charge in [-0.1, -0.05) is 12.8 Å². The quantitative estimate of drug-likeness (QED) is 0.750. The summed E-state index contributed by atoms with van der Waals surface area (Å²) in [5.41, 5.74) is -0.131. The molecule has 0 spiro atoms. The molecule has 4 heteroatoms. The molecule has 0 amide bonds. The largest absolute Gasteiger partial charge is 0.293 e. The second-order valence-corrected chi connectivity index (χ2v) is 5.74. The minimum Gasteiger partial charge on any atom is -0.293 e. The highest BCUT2D eigenvalue weighted by Crippen LogP contribution is 2.28. The summed E-state index contributed by atoms with van der Waals surface area (Å²) in [6.45, 7) is 0. The highest BCUT2D eigenvalue weighted by atomic mass is 32.2. The van der Waals surface area contributed by atoms with Gasteiger partial charge in [0.2, 0.25) is 0 Å². The van der Waals surface area contributed by atoms with Gasteiger partial charge in [0, 0.05) is 0 Å². The summed E-state index contributed by atoms with van der Waals surface area (Å²) in [6, 6.07) is 3.01. The van der Waals surface area contributed by atoms with Crippen LogP contribution in [0.1, 0.15) is 36.0 Å². The molecule has 0 heterocycles. The van der Waals surface area contributed by atoms with Gasteiger partial charge in [0.05, 0.1) is 11.3 Å². The van der Waals surface area contributed by atoms with E-state index in [4.69, 9.17) is 0 Å². The van der Waals surface area contributed by atoms with Crippen LogP contribution in [0.2, 0.25) is 0 Å². The van der Waals surface area contributed by atoms with Crippen LogP contribution in [0.25, 0.3) is 0 Å². The van der Waals surface area contributed by atoms with Crippen molar-refractivity contribution in [2.24, 2.45) is 5.92 Å². The Morgan fingerprint density at radius 1 is 1.28 bits per heavy atom. The van der Waals surface area contributed by atoms with Crippen molar-refractivity contribution < 1.29 is 13.6 Å². The summed E-state index contributed by atoms with van der Waals surface area (Å²) in [6.07, 6.45) is 5.01. The highest BCUT2D eigenvalue weighted by Gasteiger charge is 2.17. The van der Waals surface area contributed by atoms with E-state index in [9.17, 15) is 13.6 Å². The predicted molar refractivity (Wildman–Crippen MR) is 70.0 cm³/mol. The third-order valence-electron chi connectivity index (χ3n) is 3.29. The van der Waals surface area contributed by atoms with Gasteiger partial charge < -0.3 is 0 Å². The lowest BCUT2D eigenvalue weighted by Gasteiger charge is -2.08. The molecule has 0 saturated heterocycles. The summed E-state index contributed by atoms with van der Waals surface area (Å²) < 4.78 is 26.3. The molecule has 0 N–H and O–H groups in total. The normalized spacial score (nSPS) is 16.1. The lowest BCUT2D eigenvalue weighted by molar-refractivity contribution is 0.101. The van der Waals surface area contributed by atoms with Gasteiger partial charge in [0.15, 0.2) is 5.78 Å². The van der Waals surface area contributed by atoms with Gasteiger partial charge in [-0.25, -0.2) is 8.78 Å². The number of thioether (sulfide) groups is 1. The molecule has 18 heavy (non-hydrogen) atoms. The molecular formula is C14H16F2OS. The molecule has 2 rings (SSSR count). The van der Waals surface area contributed by atoms with Crippen LogP contribution < -0.4 is 0 Å². The Morgan fingerprint density at radius 2 is 2.00 bits per heavy atom. The van der Waals surface area contributed by atoms with E-state index in [1.807, 2.05) is 0 Å². The monoisotopic (exact) mass is 270 g/mol. The molecule has 1 saturated carbocycles. The fraction of sp³-hybridized carbons (Fsp3) is 0.500. The van der Waals surface area contributed by atoms with E-state index >= 15 is 0 Å². The summed E-state index contributed by atoms with van der Waals surface area (Å²) in [5.74, 6) is 0.345. The zero-order chi connectivity index (χ0) is 13.0. The van der Waals surface area contributed by atoms with E-state index in [-0.39, 0.29) is 17.1 Å². The van der Waals surface area contributed by atoms with Gasteiger partial charge in [-0.2, -0.15) is 11.8 Å². The maximum atomic E-state index is 13.4. The minimum absolute atomic E-state index is 0.131. The molecule has 1 aliphatic carbocycles. The average Bonchev–Trinajstić information content (AvgIpc) is 2.85. The van der Waals surface area contributed by atoms with Crippen LogP contribution in [0, 0.1) is 17.6 Å². The van der Waals surface area contributed by atoms with Crippen LogP contribution in [-0.2, 0) is 0 Å². The van der Waals surface area contributed by atoms with Crippen molar-refractivity contribution in [1.82, 2.24) is 0 Å². The highest BCUT2D eigenvalue weighted by molar-refractivity contribution is 7.99. The maximum absolute atomic E-state index is 13.4. The standard InChI is InChI=1S/C14H16F2OS/c15-11-5-6-13(16)12(7-11)14(17)9-18-8-10-3-1-2-4-10/h5-7,10H,1-4,8-9H2. The van der Waals surface area contributed by atoms with E-state index in [1.54, 1.807) is 0 Å². The van der Waals surface area contributed by atoms with Crippen LogP contribution >= 0.6 is 11.8 Å². The Bertz CT molecular complexity index is 428.